The second-order valence-electron chi connectivity index (χ2n) is 7.43. The molecule has 1 aromatic rings. The average Bonchev–Trinajstić information content (AvgIpc) is 3.38. The number of halogens is 2. The second kappa shape index (κ2) is 11.3. The minimum Gasteiger partial charge on any atom is -0.357 e. The first-order chi connectivity index (χ1) is 12.7. The van der Waals surface area contributed by atoms with Crippen molar-refractivity contribution in [3.8, 4) is 0 Å². The zero-order valence-electron chi connectivity index (χ0n) is 17.0. The summed E-state index contributed by atoms with van der Waals surface area (Å²) in [4.78, 5) is 6.77. The molecule has 1 atom stereocenters. The Balaban J connectivity index is 0.00000392. The van der Waals surface area contributed by atoms with Crippen LogP contribution in [0.4, 0.5) is 4.39 Å². The Hall–Kier alpha value is -0.940. The van der Waals surface area contributed by atoms with E-state index in [1.807, 2.05) is 6.92 Å². The van der Waals surface area contributed by atoms with Crippen LogP contribution in [0.5, 0.6) is 0 Å². The first-order valence-electron chi connectivity index (χ1n) is 9.33. The summed E-state index contributed by atoms with van der Waals surface area (Å²) in [5.41, 5.74) is 1.17. The van der Waals surface area contributed by atoms with E-state index in [9.17, 15) is 12.8 Å². The standard InChI is InChI=1S/C19H31FN4O2S.HI/c1-5-21-19(23-12-18(24(2)3)14-6-7-14)22-11-16-10-17(20)9-8-15(16)13-27(4,25)26;/h8-10,14,18H,5-7,11-13H2,1-4H3,(H2,21,22,23);1H. The number of guanidine groups is 1. The molecule has 1 unspecified atom stereocenters. The normalized spacial score (nSPS) is 15.9. The van der Waals surface area contributed by atoms with Gasteiger partial charge in [-0.05, 0) is 63.0 Å². The van der Waals surface area contributed by atoms with Gasteiger partial charge < -0.3 is 15.5 Å². The molecule has 1 aliphatic carbocycles. The van der Waals surface area contributed by atoms with Crippen LogP contribution in [0.3, 0.4) is 0 Å². The molecule has 1 saturated carbocycles. The van der Waals surface area contributed by atoms with Crippen molar-refractivity contribution in [3.05, 3.63) is 35.1 Å². The van der Waals surface area contributed by atoms with Gasteiger partial charge in [0.25, 0.3) is 0 Å². The summed E-state index contributed by atoms with van der Waals surface area (Å²) >= 11 is 0. The molecule has 0 radical (unpaired) electrons. The Morgan fingerprint density at radius 2 is 1.96 bits per heavy atom. The molecule has 28 heavy (non-hydrogen) atoms. The fraction of sp³-hybridized carbons (Fsp3) is 0.632. The summed E-state index contributed by atoms with van der Waals surface area (Å²) in [5.74, 6) is 0.864. The Labute approximate surface area is 185 Å². The molecule has 0 amide bonds. The largest absolute Gasteiger partial charge is 0.357 e. The molecule has 1 fully saturated rings. The van der Waals surface area contributed by atoms with Crippen LogP contribution >= 0.6 is 24.0 Å². The number of sulfone groups is 1. The molecule has 160 valence electrons. The zero-order valence-corrected chi connectivity index (χ0v) is 20.2. The van der Waals surface area contributed by atoms with E-state index in [1.54, 1.807) is 0 Å². The number of hydrogen-bond donors (Lipinski definition) is 2. The van der Waals surface area contributed by atoms with Crippen molar-refractivity contribution < 1.29 is 12.8 Å². The highest BCUT2D eigenvalue weighted by atomic mass is 127. The van der Waals surface area contributed by atoms with Crippen molar-refractivity contribution in [1.82, 2.24) is 15.5 Å². The molecule has 0 aromatic heterocycles. The number of likely N-dealkylation sites (N-methyl/N-ethyl adjacent to an activating group) is 1. The molecule has 9 heteroatoms. The highest BCUT2D eigenvalue weighted by Gasteiger charge is 2.32. The summed E-state index contributed by atoms with van der Waals surface area (Å²) in [6.45, 7) is 3.69. The van der Waals surface area contributed by atoms with Crippen molar-refractivity contribution in [1.29, 1.82) is 0 Å². The van der Waals surface area contributed by atoms with E-state index in [2.05, 4.69) is 34.6 Å². The lowest BCUT2D eigenvalue weighted by Crippen LogP contribution is -2.46. The fourth-order valence-corrected chi connectivity index (χ4v) is 3.97. The number of hydrogen-bond acceptors (Lipinski definition) is 4. The molecule has 0 spiro atoms. The van der Waals surface area contributed by atoms with Crippen molar-refractivity contribution in [2.45, 2.75) is 38.1 Å². The summed E-state index contributed by atoms with van der Waals surface area (Å²) in [6.07, 6.45) is 3.70. The van der Waals surface area contributed by atoms with Gasteiger partial charge in [-0.1, -0.05) is 6.07 Å². The second-order valence-corrected chi connectivity index (χ2v) is 9.57. The van der Waals surface area contributed by atoms with Crippen LogP contribution in [0.1, 0.15) is 30.9 Å². The van der Waals surface area contributed by atoms with Gasteiger partial charge in [-0.25, -0.2) is 17.8 Å². The monoisotopic (exact) mass is 526 g/mol. The predicted molar refractivity (Wildman–Crippen MR) is 123 cm³/mol. The third-order valence-electron chi connectivity index (χ3n) is 4.65. The molecule has 2 N–H and O–H groups in total. The smallest absolute Gasteiger partial charge is 0.191 e. The average molecular weight is 526 g/mol. The van der Waals surface area contributed by atoms with Gasteiger partial charge in [0.1, 0.15) is 5.82 Å². The summed E-state index contributed by atoms with van der Waals surface area (Å²) in [5, 5.41) is 6.56. The number of nitrogens with one attached hydrogen (secondary N) is 2. The number of rotatable bonds is 9. The topological polar surface area (TPSA) is 73.8 Å². The number of nitrogens with zero attached hydrogens (tertiary/aromatic N) is 2. The van der Waals surface area contributed by atoms with E-state index < -0.39 is 15.7 Å². The van der Waals surface area contributed by atoms with E-state index in [0.717, 1.165) is 12.5 Å². The van der Waals surface area contributed by atoms with Crippen molar-refractivity contribution in [3.63, 3.8) is 0 Å². The van der Waals surface area contributed by atoms with Gasteiger partial charge in [0.2, 0.25) is 0 Å². The van der Waals surface area contributed by atoms with Crippen molar-refractivity contribution in [2.75, 3.05) is 33.4 Å². The quantitative estimate of drug-likeness (QED) is 0.294. The van der Waals surface area contributed by atoms with Gasteiger partial charge in [0, 0.05) is 25.4 Å². The zero-order chi connectivity index (χ0) is 20.0. The minimum absolute atomic E-state index is 0. The van der Waals surface area contributed by atoms with Gasteiger partial charge >= 0.3 is 0 Å². The summed E-state index contributed by atoms with van der Waals surface area (Å²) in [7, 11) is 0.962. The highest BCUT2D eigenvalue weighted by Crippen LogP contribution is 2.34. The lowest BCUT2D eigenvalue weighted by Gasteiger charge is -2.25. The molecule has 2 rings (SSSR count). The van der Waals surface area contributed by atoms with Crippen molar-refractivity contribution in [2.24, 2.45) is 10.9 Å². The maximum Gasteiger partial charge on any atom is 0.191 e. The number of aliphatic imine (C=N–C) groups is 1. The van der Waals surface area contributed by atoms with Gasteiger partial charge in [-0.3, -0.25) is 0 Å². The Kier molecular flexibility index (Phi) is 10.1. The Morgan fingerprint density at radius 3 is 2.50 bits per heavy atom. The van der Waals surface area contributed by atoms with Crippen LogP contribution in [0.25, 0.3) is 0 Å². The summed E-state index contributed by atoms with van der Waals surface area (Å²) in [6, 6.07) is 4.62. The first kappa shape index (κ1) is 25.1. The maximum atomic E-state index is 13.7. The molecule has 6 nitrogen and oxygen atoms in total. The van der Waals surface area contributed by atoms with Crippen LogP contribution in [0.2, 0.25) is 0 Å². The lowest BCUT2D eigenvalue weighted by atomic mass is 10.1. The third-order valence-corrected chi connectivity index (χ3v) is 5.48. The van der Waals surface area contributed by atoms with Crippen LogP contribution in [-0.2, 0) is 22.1 Å². The molecular weight excluding hydrogens is 494 g/mol. The van der Waals surface area contributed by atoms with E-state index in [4.69, 9.17) is 0 Å². The minimum atomic E-state index is -3.20. The van der Waals surface area contributed by atoms with Gasteiger partial charge in [-0.15, -0.1) is 24.0 Å². The summed E-state index contributed by atoms with van der Waals surface area (Å²) < 4.78 is 36.9. The Bertz CT molecular complexity index is 765. The molecule has 0 saturated heterocycles. The van der Waals surface area contributed by atoms with Crippen molar-refractivity contribution >= 4 is 39.8 Å². The van der Waals surface area contributed by atoms with Crippen LogP contribution in [0, 0.1) is 11.7 Å². The molecule has 0 bridgehead atoms. The highest BCUT2D eigenvalue weighted by molar-refractivity contribution is 14.0. The molecule has 0 heterocycles. The molecular formula is C19H32FIN4O2S. The van der Waals surface area contributed by atoms with E-state index in [-0.39, 0.29) is 36.3 Å². The van der Waals surface area contributed by atoms with Gasteiger partial charge in [-0.2, -0.15) is 0 Å². The Morgan fingerprint density at radius 1 is 1.29 bits per heavy atom. The fourth-order valence-electron chi connectivity index (χ4n) is 3.12. The first-order valence-corrected chi connectivity index (χ1v) is 11.4. The molecule has 0 aliphatic heterocycles. The van der Waals surface area contributed by atoms with Crippen LogP contribution in [0.15, 0.2) is 23.2 Å². The number of benzene rings is 1. The molecule has 1 aliphatic rings. The van der Waals surface area contributed by atoms with Crippen LogP contribution < -0.4 is 10.6 Å². The predicted octanol–water partition coefficient (Wildman–Crippen LogP) is 2.38. The third kappa shape index (κ3) is 8.60. The van der Waals surface area contributed by atoms with Gasteiger partial charge in [0.15, 0.2) is 15.8 Å². The maximum absolute atomic E-state index is 13.7. The molecule has 1 aromatic carbocycles. The van der Waals surface area contributed by atoms with E-state index in [0.29, 0.717) is 29.7 Å². The SMILES string of the molecule is CCNC(=NCc1cc(F)ccc1CS(C)(=O)=O)NCC(C1CC1)N(C)C.I. The van der Waals surface area contributed by atoms with Crippen LogP contribution in [-0.4, -0.2) is 58.8 Å². The lowest BCUT2D eigenvalue weighted by molar-refractivity contribution is 0.264. The van der Waals surface area contributed by atoms with E-state index >= 15 is 0 Å². The van der Waals surface area contributed by atoms with Gasteiger partial charge in [0.05, 0.1) is 12.3 Å². The van der Waals surface area contributed by atoms with E-state index in [1.165, 1.54) is 37.3 Å².